The third kappa shape index (κ3) is 2.06. The standard InChI is InChI=1S/C14H8BrFN2O/c15-10-3-6-13-12(8-19)17-14(18(13)7-10)9-1-4-11(16)5-2-9/h1-8H. The Labute approximate surface area is 116 Å². The van der Waals surface area contributed by atoms with Gasteiger partial charge in [-0.1, -0.05) is 0 Å². The molecular formula is C14H8BrFN2O. The van der Waals surface area contributed by atoms with E-state index < -0.39 is 0 Å². The number of imidazole rings is 1. The summed E-state index contributed by atoms with van der Waals surface area (Å²) in [7, 11) is 0. The van der Waals surface area contributed by atoms with Gasteiger partial charge in [-0.15, -0.1) is 0 Å². The van der Waals surface area contributed by atoms with E-state index in [1.807, 2.05) is 18.3 Å². The van der Waals surface area contributed by atoms with Crippen molar-refractivity contribution >= 4 is 27.7 Å². The Balaban J connectivity index is 2.31. The molecule has 0 aliphatic heterocycles. The number of nitrogens with zero attached hydrogens (tertiary/aromatic N) is 2. The fourth-order valence-corrected chi connectivity index (χ4v) is 2.31. The van der Waals surface area contributed by atoms with Gasteiger partial charge >= 0.3 is 0 Å². The number of hydrogen-bond donors (Lipinski definition) is 0. The lowest BCUT2D eigenvalue weighted by Gasteiger charge is -2.02. The molecule has 0 atom stereocenters. The third-order valence-corrected chi connectivity index (χ3v) is 3.31. The highest BCUT2D eigenvalue weighted by Crippen LogP contribution is 2.24. The highest BCUT2D eigenvalue weighted by Gasteiger charge is 2.12. The van der Waals surface area contributed by atoms with Crippen LogP contribution >= 0.6 is 15.9 Å². The fraction of sp³-hybridized carbons (Fsp3) is 0. The van der Waals surface area contributed by atoms with Crippen molar-refractivity contribution in [2.45, 2.75) is 0 Å². The summed E-state index contributed by atoms with van der Waals surface area (Å²) in [6, 6.07) is 9.68. The Hall–Kier alpha value is -2.01. The summed E-state index contributed by atoms with van der Waals surface area (Å²) in [6.07, 6.45) is 2.55. The molecule has 1 aromatic carbocycles. The Morgan fingerprint density at radius 2 is 1.89 bits per heavy atom. The quantitative estimate of drug-likeness (QED) is 0.675. The monoisotopic (exact) mass is 318 g/mol. The molecule has 3 aromatic rings. The molecule has 0 spiro atoms. The second kappa shape index (κ2) is 4.59. The average molecular weight is 319 g/mol. The predicted molar refractivity (Wildman–Crippen MR) is 73.7 cm³/mol. The summed E-state index contributed by atoms with van der Waals surface area (Å²) in [4.78, 5) is 15.4. The van der Waals surface area contributed by atoms with Crippen LogP contribution in [0.5, 0.6) is 0 Å². The van der Waals surface area contributed by atoms with Crippen molar-refractivity contribution in [3.8, 4) is 11.4 Å². The lowest BCUT2D eigenvalue weighted by molar-refractivity contribution is 0.112. The zero-order valence-corrected chi connectivity index (χ0v) is 11.3. The van der Waals surface area contributed by atoms with Gasteiger partial charge in [-0.2, -0.15) is 0 Å². The zero-order chi connectivity index (χ0) is 13.4. The average Bonchev–Trinajstić information content (AvgIpc) is 2.77. The van der Waals surface area contributed by atoms with E-state index in [1.165, 1.54) is 12.1 Å². The molecule has 0 aliphatic carbocycles. The van der Waals surface area contributed by atoms with Crippen molar-refractivity contribution in [1.82, 2.24) is 9.38 Å². The molecule has 94 valence electrons. The number of carbonyl (C=O) groups excluding carboxylic acids is 1. The first-order valence-electron chi connectivity index (χ1n) is 5.58. The Morgan fingerprint density at radius 3 is 2.58 bits per heavy atom. The molecule has 0 saturated heterocycles. The molecule has 0 amide bonds. The predicted octanol–water partition coefficient (Wildman–Crippen LogP) is 3.72. The molecule has 0 radical (unpaired) electrons. The van der Waals surface area contributed by atoms with Crippen LogP contribution in [-0.2, 0) is 0 Å². The summed E-state index contributed by atoms with van der Waals surface area (Å²) < 4.78 is 15.6. The summed E-state index contributed by atoms with van der Waals surface area (Å²) in [6.45, 7) is 0. The number of benzene rings is 1. The summed E-state index contributed by atoms with van der Waals surface area (Å²) in [5.41, 5.74) is 1.84. The highest BCUT2D eigenvalue weighted by atomic mass is 79.9. The first-order valence-corrected chi connectivity index (χ1v) is 6.37. The van der Waals surface area contributed by atoms with Crippen molar-refractivity contribution < 1.29 is 9.18 Å². The minimum Gasteiger partial charge on any atom is -0.298 e. The molecule has 0 N–H and O–H groups in total. The van der Waals surface area contributed by atoms with Crippen molar-refractivity contribution in [1.29, 1.82) is 0 Å². The lowest BCUT2D eigenvalue weighted by atomic mass is 10.2. The van der Waals surface area contributed by atoms with Crippen LogP contribution < -0.4 is 0 Å². The van der Waals surface area contributed by atoms with Gasteiger partial charge in [0.25, 0.3) is 0 Å². The molecule has 0 fully saturated rings. The van der Waals surface area contributed by atoms with Crippen molar-refractivity contribution in [3.63, 3.8) is 0 Å². The van der Waals surface area contributed by atoms with Gasteiger partial charge in [0.05, 0.1) is 5.52 Å². The number of pyridine rings is 1. The Morgan fingerprint density at radius 1 is 1.16 bits per heavy atom. The largest absolute Gasteiger partial charge is 0.298 e. The first kappa shape index (κ1) is 12.0. The van der Waals surface area contributed by atoms with E-state index >= 15 is 0 Å². The van der Waals surface area contributed by atoms with Crippen molar-refractivity contribution in [2.24, 2.45) is 0 Å². The molecule has 2 heterocycles. The molecule has 3 nitrogen and oxygen atoms in total. The maximum Gasteiger partial charge on any atom is 0.170 e. The first-order chi connectivity index (χ1) is 9.19. The zero-order valence-electron chi connectivity index (χ0n) is 9.68. The fourth-order valence-electron chi connectivity index (χ4n) is 1.97. The van der Waals surface area contributed by atoms with Crippen LogP contribution in [0.4, 0.5) is 4.39 Å². The number of hydrogen-bond acceptors (Lipinski definition) is 2. The van der Waals surface area contributed by atoms with Crippen molar-refractivity contribution in [3.05, 3.63) is 58.6 Å². The van der Waals surface area contributed by atoms with E-state index in [4.69, 9.17) is 0 Å². The molecule has 0 aliphatic rings. The van der Waals surface area contributed by atoms with Crippen molar-refractivity contribution in [2.75, 3.05) is 0 Å². The summed E-state index contributed by atoms with van der Waals surface area (Å²) >= 11 is 3.38. The van der Waals surface area contributed by atoms with Crippen LogP contribution in [0, 0.1) is 5.82 Å². The number of carbonyl (C=O) groups is 1. The molecule has 0 unspecified atom stereocenters. The van der Waals surface area contributed by atoms with Crippen LogP contribution in [-0.4, -0.2) is 15.7 Å². The molecule has 3 rings (SSSR count). The highest BCUT2D eigenvalue weighted by molar-refractivity contribution is 9.10. The molecule has 0 saturated carbocycles. The lowest BCUT2D eigenvalue weighted by Crippen LogP contribution is -1.89. The van der Waals surface area contributed by atoms with Crippen LogP contribution in [0.15, 0.2) is 47.1 Å². The number of rotatable bonds is 2. The second-order valence-electron chi connectivity index (χ2n) is 4.05. The van der Waals surface area contributed by atoms with E-state index in [0.717, 1.165) is 21.8 Å². The van der Waals surface area contributed by atoms with Gasteiger partial charge in [0.1, 0.15) is 17.3 Å². The Bertz CT molecular complexity index is 765. The van der Waals surface area contributed by atoms with Gasteiger partial charge in [-0.05, 0) is 52.3 Å². The van der Waals surface area contributed by atoms with Crippen LogP contribution in [0.3, 0.4) is 0 Å². The van der Waals surface area contributed by atoms with Gasteiger partial charge in [0.15, 0.2) is 6.29 Å². The number of fused-ring (bicyclic) bond motifs is 1. The van der Waals surface area contributed by atoms with Gasteiger partial charge in [-0.25, -0.2) is 9.37 Å². The van der Waals surface area contributed by atoms with Gasteiger partial charge in [-0.3, -0.25) is 9.20 Å². The number of aromatic nitrogens is 2. The smallest absolute Gasteiger partial charge is 0.170 e. The van der Waals surface area contributed by atoms with Crippen LogP contribution in [0.1, 0.15) is 10.5 Å². The van der Waals surface area contributed by atoms with Crippen LogP contribution in [0.2, 0.25) is 0 Å². The van der Waals surface area contributed by atoms with Gasteiger partial charge < -0.3 is 0 Å². The normalized spacial score (nSPS) is 10.8. The van der Waals surface area contributed by atoms with E-state index in [-0.39, 0.29) is 5.82 Å². The van der Waals surface area contributed by atoms with Gasteiger partial charge in [0.2, 0.25) is 0 Å². The minimum absolute atomic E-state index is 0.304. The minimum atomic E-state index is -0.304. The molecule has 19 heavy (non-hydrogen) atoms. The maximum atomic E-state index is 13.0. The molecule has 2 aromatic heterocycles. The number of aldehydes is 1. The third-order valence-electron chi connectivity index (χ3n) is 2.84. The van der Waals surface area contributed by atoms with E-state index in [1.54, 1.807) is 16.5 Å². The van der Waals surface area contributed by atoms with E-state index in [2.05, 4.69) is 20.9 Å². The topological polar surface area (TPSA) is 34.4 Å². The van der Waals surface area contributed by atoms with Crippen LogP contribution in [0.25, 0.3) is 16.9 Å². The second-order valence-corrected chi connectivity index (χ2v) is 4.96. The molecular weight excluding hydrogens is 311 g/mol. The Kier molecular flexibility index (Phi) is 2.91. The summed E-state index contributed by atoms with van der Waals surface area (Å²) in [5, 5.41) is 0. The number of halogens is 2. The van der Waals surface area contributed by atoms with Gasteiger partial charge in [0, 0.05) is 16.2 Å². The van der Waals surface area contributed by atoms with E-state index in [9.17, 15) is 9.18 Å². The molecule has 0 bridgehead atoms. The SMILES string of the molecule is O=Cc1nc(-c2ccc(F)cc2)n2cc(Br)ccc12. The molecule has 5 heteroatoms. The summed E-state index contributed by atoms with van der Waals surface area (Å²) in [5.74, 6) is 0.305. The van der Waals surface area contributed by atoms with E-state index in [0.29, 0.717) is 11.5 Å². The maximum absolute atomic E-state index is 13.0.